The number of furan rings is 1. The topological polar surface area (TPSA) is 75.0 Å². The number of benzene rings is 1. The van der Waals surface area contributed by atoms with Crippen molar-refractivity contribution in [3.05, 3.63) is 54.0 Å². The third-order valence-electron chi connectivity index (χ3n) is 4.44. The molecule has 0 saturated carbocycles. The maximum absolute atomic E-state index is 12.3. The molecular formula is C19H23N3O4. The summed E-state index contributed by atoms with van der Waals surface area (Å²) in [4.78, 5) is 27.9. The lowest BCUT2D eigenvalue weighted by atomic mass is 10.1. The minimum atomic E-state index is -0.130. The number of nitrogens with zero attached hydrogens (tertiary/aromatic N) is 2. The molecule has 0 spiro atoms. The van der Waals surface area contributed by atoms with E-state index in [1.54, 1.807) is 29.0 Å². The van der Waals surface area contributed by atoms with Crippen molar-refractivity contribution < 1.29 is 18.7 Å². The predicted molar refractivity (Wildman–Crippen MR) is 96.3 cm³/mol. The van der Waals surface area contributed by atoms with Gasteiger partial charge in [0.05, 0.1) is 13.4 Å². The Morgan fingerprint density at radius 2 is 1.77 bits per heavy atom. The fourth-order valence-corrected chi connectivity index (χ4v) is 2.89. The Morgan fingerprint density at radius 3 is 2.38 bits per heavy atom. The zero-order valence-electron chi connectivity index (χ0n) is 14.8. The Morgan fingerprint density at radius 1 is 1.08 bits per heavy atom. The molecule has 1 aliphatic heterocycles. The minimum absolute atomic E-state index is 0.0939. The second-order valence-corrected chi connectivity index (χ2v) is 6.09. The van der Waals surface area contributed by atoms with Gasteiger partial charge in [-0.05, 0) is 36.2 Å². The molecule has 1 aromatic heterocycles. The molecule has 1 saturated heterocycles. The highest BCUT2D eigenvalue weighted by molar-refractivity contribution is 5.91. The number of nitrogens with one attached hydrogen (secondary N) is 1. The molecule has 0 aliphatic carbocycles. The van der Waals surface area contributed by atoms with E-state index in [-0.39, 0.29) is 11.9 Å². The first-order chi connectivity index (χ1) is 12.7. The summed E-state index contributed by atoms with van der Waals surface area (Å²) in [6, 6.07) is 11.1. The van der Waals surface area contributed by atoms with Crippen molar-refractivity contribution in [2.75, 3.05) is 39.8 Å². The zero-order chi connectivity index (χ0) is 18.4. The molecule has 3 amide bonds. The molecule has 1 fully saturated rings. The van der Waals surface area contributed by atoms with Crippen molar-refractivity contribution in [2.45, 2.75) is 6.42 Å². The van der Waals surface area contributed by atoms with Gasteiger partial charge in [0.2, 0.25) is 0 Å². The second-order valence-electron chi connectivity index (χ2n) is 6.09. The number of hydrogen-bond acceptors (Lipinski definition) is 4. The molecule has 26 heavy (non-hydrogen) atoms. The molecule has 0 radical (unpaired) electrons. The van der Waals surface area contributed by atoms with Gasteiger partial charge in [0.1, 0.15) is 5.75 Å². The Hall–Kier alpha value is -2.96. The van der Waals surface area contributed by atoms with Crippen molar-refractivity contribution in [1.82, 2.24) is 15.1 Å². The van der Waals surface area contributed by atoms with Crippen LogP contribution in [0.2, 0.25) is 0 Å². The summed E-state index contributed by atoms with van der Waals surface area (Å²) in [6.45, 7) is 2.61. The summed E-state index contributed by atoms with van der Waals surface area (Å²) in [5.74, 6) is 1.02. The molecule has 7 heteroatoms. The van der Waals surface area contributed by atoms with E-state index >= 15 is 0 Å². The van der Waals surface area contributed by atoms with Crippen LogP contribution in [0.4, 0.5) is 4.79 Å². The summed E-state index contributed by atoms with van der Waals surface area (Å²) in [5.41, 5.74) is 1.14. The standard InChI is InChI=1S/C19H23N3O4/c1-25-16-6-4-15(5-7-16)8-9-20-19(24)22-12-10-21(11-13-22)18(23)17-3-2-14-26-17/h2-7,14H,8-13H2,1H3,(H,20,24). The Labute approximate surface area is 152 Å². The van der Waals surface area contributed by atoms with E-state index in [2.05, 4.69) is 5.32 Å². The van der Waals surface area contributed by atoms with Gasteiger partial charge in [-0.2, -0.15) is 0 Å². The van der Waals surface area contributed by atoms with E-state index in [1.165, 1.54) is 6.26 Å². The highest BCUT2D eigenvalue weighted by Gasteiger charge is 2.25. The molecule has 0 bridgehead atoms. The van der Waals surface area contributed by atoms with Crippen LogP contribution in [0.3, 0.4) is 0 Å². The van der Waals surface area contributed by atoms with Crippen LogP contribution in [0.15, 0.2) is 47.1 Å². The lowest BCUT2D eigenvalue weighted by Gasteiger charge is -2.34. The van der Waals surface area contributed by atoms with Crippen LogP contribution in [0, 0.1) is 0 Å². The van der Waals surface area contributed by atoms with E-state index in [4.69, 9.17) is 9.15 Å². The third-order valence-corrected chi connectivity index (χ3v) is 4.44. The van der Waals surface area contributed by atoms with E-state index in [1.807, 2.05) is 24.3 Å². The number of amides is 3. The molecule has 0 unspecified atom stereocenters. The SMILES string of the molecule is COc1ccc(CCNC(=O)N2CCN(C(=O)c3ccco3)CC2)cc1. The normalized spacial score (nSPS) is 14.2. The van der Waals surface area contributed by atoms with Gasteiger partial charge in [0.15, 0.2) is 5.76 Å². The maximum Gasteiger partial charge on any atom is 0.317 e. The van der Waals surface area contributed by atoms with Crippen molar-refractivity contribution in [3.63, 3.8) is 0 Å². The fourth-order valence-electron chi connectivity index (χ4n) is 2.89. The number of ether oxygens (including phenoxy) is 1. The zero-order valence-corrected chi connectivity index (χ0v) is 14.8. The molecule has 1 aliphatic rings. The van der Waals surface area contributed by atoms with Gasteiger partial charge in [0.25, 0.3) is 5.91 Å². The molecule has 3 rings (SSSR count). The number of carbonyl (C=O) groups is 2. The monoisotopic (exact) mass is 357 g/mol. The average molecular weight is 357 g/mol. The van der Waals surface area contributed by atoms with Crippen LogP contribution < -0.4 is 10.1 Å². The van der Waals surface area contributed by atoms with E-state index < -0.39 is 0 Å². The average Bonchev–Trinajstić information content (AvgIpc) is 3.23. The number of piperazine rings is 1. The van der Waals surface area contributed by atoms with Crippen LogP contribution in [0.1, 0.15) is 16.1 Å². The van der Waals surface area contributed by atoms with E-state index in [0.29, 0.717) is 38.5 Å². The molecule has 7 nitrogen and oxygen atoms in total. The van der Waals surface area contributed by atoms with E-state index in [0.717, 1.165) is 17.7 Å². The summed E-state index contributed by atoms with van der Waals surface area (Å²) < 4.78 is 10.3. The van der Waals surface area contributed by atoms with Crippen LogP contribution in [0.25, 0.3) is 0 Å². The van der Waals surface area contributed by atoms with Crippen LogP contribution >= 0.6 is 0 Å². The Bertz CT molecular complexity index is 720. The lowest BCUT2D eigenvalue weighted by molar-refractivity contribution is 0.0634. The molecule has 2 aromatic rings. The molecule has 1 N–H and O–H groups in total. The molecular weight excluding hydrogens is 334 g/mol. The van der Waals surface area contributed by atoms with E-state index in [9.17, 15) is 9.59 Å². The number of carbonyl (C=O) groups excluding carboxylic acids is 2. The molecule has 1 aromatic carbocycles. The number of rotatable bonds is 5. The second kappa shape index (κ2) is 8.42. The van der Waals surface area contributed by atoms with Crippen molar-refractivity contribution in [2.24, 2.45) is 0 Å². The number of hydrogen-bond donors (Lipinski definition) is 1. The van der Waals surface area contributed by atoms with Crippen molar-refractivity contribution in [3.8, 4) is 5.75 Å². The maximum atomic E-state index is 12.3. The smallest absolute Gasteiger partial charge is 0.317 e. The Balaban J connectivity index is 1.40. The highest BCUT2D eigenvalue weighted by Crippen LogP contribution is 2.12. The van der Waals surface area contributed by atoms with Gasteiger partial charge in [-0.3, -0.25) is 4.79 Å². The first kappa shape index (κ1) is 17.8. The fraction of sp³-hybridized carbons (Fsp3) is 0.368. The molecule has 2 heterocycles. The minimum Gasteiger partial charge on any atom is -0.497 e. The summed E-state index contributed by atoms with van der Waals surface area (Å²) >= 11 is 0. The first-order valence-corrected chi connectivity index (χ1v) is 8.66. The van der Waals surface area contributed by atoms with Crippen molar-refractivity contribution in [1.29, 1.82) is 0 Å². The van der Waals surface area contributed by atoms with Gasteiger partial charge < -0.3 is 24.3 Å². The van der Waals surface area contributed by atoms with Crippen molar-refractivity contribution >= 4 is 11.9 Å². The number of urea groups is 1. The lowest BCUT2D eigenvalue weighted by Crippen LogP contribution is -2.53. The van der Waals surface area contributed by atoms with Crippen LogP contribution in [0.5, 0.6) is 5.75 Å². The summed E-state index contributed by atoms with van der Waals surface area (Å²) in [6.07, 6.45) is 2.24. The molecule has 0 atom stereocenters. The van der Waals surface area contributed by atoms with Crippen LogP contribution in [-0.2, 0) is 6.42 Å². The van der Waals surface area contributed by atoms with Gasteiger partial charge in [-0.1, -0.05) is 12.1 Å². The number of methoxy groups -OCH3 is 1. The predicted octanol–water partition coefficient (Wildman–Crippen LogP) is 2.00. The summed E-state index contributed by atoms with van der Waals surface area (Å²) in [7, 11) is 1.64. The van der Waals surface area contributed by atoms with Gasteiger partial charge in [-0.15, -0.1) is 0 Å². The first-order valence-electron chi connectivity index (χ1n) is 8.66. The highest BCUT2D eigenvalue weighted by atomic mass is 16.5. The Kier molecular flexibility index (Phi) is 5.78. The van der Waals surface area contributed by atoms with Crippen LogP contribution in [-0.4, -0.2) is 61.6 Å². The van der Waals surface area contributed by atoms with Gasteiger partial charge in [-0.25, -0.2) is 4.79 Å². The quantitative estimate of drug-likeness (QED) is 0.888. The van der Waals surface area contributed by atoms with Gasteiger partial charge >= 0.3 is 6.03 Å². The molecule has 138 valence electrons. The summed E-state index contributed by atoms with van der Waals surface area (Å²) in [5, 5.41) is 2.93. The third kappa shape index (κ3) is 4.36. The largest absolute Gasteiger partial charge is 0.497 e. The van der Waals surface area contributed by atoms with Gasteiger partial charge in [0, 0.05) is 32.7 Å².